The van der Waals surface area contributed by atoms with Crippen molar-refractivity contribution < 1.29 is 32.3 Å². The summed E-state index contributed by atoms with van der Waals surface area (Å²) in [6.45, 7) is 10.8. The Bertz CT molecular complexity index is 1070. The number of nitrogens with zero attached hydrogens (tertiary/aromatic N) is 3. The topological polar surface area (TPSA) is 95.5 Å². The Morgan fingerprint density at radius 2 is 1.97 bits per heavy atom. The fourth-order valence-corrected chi connectivity index (χ4v) is 5.67. The van der Waals surface area contributed by atoms with Crippen molar-refractivity contribution in [1.29, 1.82) is 0 Å². The quantitative estimate of drug-likeness (QED) is 0.458. The summed E-state index contributed by atoms with van der Waals surface area (Å²) >= 11 is 0. The van der Waals surface area contributed by atoms with Gasteiger partial charge in [0.2, 0.25) is 5.91 Å². The number of oxime groups is 1. The Labute approximate surface area is 226 Å². The molecule has 0 spiro atoms. The number of ether oxygens (including phenoxy) is 1. The molecule has 0 bridgehead atoms. The summed E-state index contributed by atoms with van der Waals surface area (Å²) in [6, 6.07) is 4.34. The van der Waals surface area contributed by atoms with Crippen molar-refractivity contribution in [1.82, 2.24) is 20.4 Å². The molecule has 2 fully saturated rings. The van der Waals surface area contributed by atoms with Gasteiger partial charge >= 0.3 is 6.18 Å². The van der Waals surface area contributed by atoms with Crippen LogP contribution in [-0.4, -0.2) is 97.0 Å². The normalized spacial score (nSPS) is 26.6. The number of hydrogen-bond acceptors (Lipinski definition) is 7. The molecule has 3 unspecified atom stereocenters. The van der Waals surface area contributed by atoms with Gasteiger partial charge in [0.05, 0.1) is 42.6 Å². The molecule has 9 nitrogen and oxygen atoms in total. The average molecular weight is 552 g/mol. The van der Waals surface area contributed by atoms with Crippen molar-refractivity contribution in [2.24, 2.45) is 5.16 Å². The van der Waals surface area contributed by atoms with E-state index in [0.717, 1.165) is 49.8 Å². The maximum absolute atomic E-state index is 13.0. The minimum atomic E-state index is -4.56. The molecule has 3 aliphatic rings. The second-order valence-electron chi connectivity index (χ2n) is 10.3. The van der Waals surface area contributed by atoms with Crippen molar-refractivity contribution in [2.75, 3.05) is 39.3 Å². The molecule has 1 aromatic rings. The Kier molecular flexibility index (Phi) is 9.29. The van der Waals surface area contributed by atoms with Crippen LogP contribution in [0.5, 0.6) is 0 Å². The van der Waals surface area contributed by atoms with Gasteiger partial charge in [-0.3, -0.25) is 19.4 Å². The van der Waals surface area contributed by atoms with E-state index in [1.165, 1.54) is 6.07 Å². The van der Waals surface area contributed by atoms with Crippen molar-refractivity contribution in [3.63, 3.8) is 0 Å². The molecule has 3 aliphatic heterocycles. The summed E-state index contributed by atoms with van der Waals surface area (Å²) in [5.74, 6) is -1.19. The largest absolute Gasteiger partial charge is 0.416 e. The third-order valence-electron chi connectivity index (χ3n) is 7.58. The van der Waals surface area contributed by atoms with E-state index >= 15 is 0 Å². The van der Waals surface area contributed by atoms with Gasteiger partial charge in [-0.1, -0.05) is 17.3 Å². The maximum atomic E-state index is 13.0. The molecule has 2 N–H and O–H groups in total. The number of amides is 2. The minimum absolute atomic E-state index is 0.0404. The van der Waals surface area contributed by atoms with Crippen LogP contribution in [0.15, 0.2) is 42.1 Å². The number of alkyl halides is 3. The number of carbonyl (C=O) groups excluding carboxylic acids is 2. The highest BCUT2D eigenvalue weighted by molar-refractivity contribution is 5.96. The summed E-state index contributed by atoms with van der Waals surface area (Å²) in [7, 11) is 0. The lowest BCUT2D eigenvalue weighted by Crippen LogP contribution is -2.52. The molecular weight excluding hydrogens is 515 g/mol. The van der Waals surface area contributed by atoms with Crippen molar-refractivity contribution >= 4 is 17.5 Å². The van der Waals surface area contributed by atoms with Crippen molar-refractivity contribution in [2.45, 2.75) is 63.2 Å². The van der Waals surface area contributed by atoms with Gasteiger partial charge in [0.25, 0.3) is 5.91 Å². The zero-order valence-corrected chi connectivity index (χ0v) is 22.2. The van der Waals surface area contributed by atoms with E-state index < -0.39 is 23.6 Å². The van der Waals surface area contributed by atoms with Crippen LogP contribution in [0, 0.1) is 0 Å². The summed E-state index contributed by atoms with van der Waals surface area (Å²) in [5.41, 5.74) is -0.0841. The number of piperidine rings is 1. The first-order chi connectivity index (χ1) is 18.6. The van der Waals surface area contributed by atoms with Crippen LogP contribution in [0.4, 0.5) is 13.2 Å². The molecule has 3 heterocycles. The van der Waals surface area contributed by atoms with Crippen molar-refractivity contribution in [3.8, 4) is 0 Å². The zero-order chi connectivity index (χ0) is 28.2. The van der Waals surface area contributed by atoms with E-state index in [9.17, 15) is 22.8 Å². The van der Waals surface area contributed by atoms with Crippen LogP contribution in [0.2, 0.25) is 0 Å². The predicted molar refractivity (Wildman–Crippen MR) is 139 cm³/mol. The standard InChI is InChI=1S/C27H36F3N5O4/c1-4-12-38-23-16-35(21-8-10-34(11-9-21)25-17(2)33-39-18(25)3)15-22(23)32-24(36)14-31-26(37)19-6-5-7-20(13-19)27(28,29)30/h4-7,13,18,21-23,25H,1,8-12,14-16H2,2-3H3,(H,31,37)(H,32,36)/t18?,22?,23-,25?/m0/s1. The van der Waals surface area contributed by atoms with Crippen LogP contribution in [0.25, 0.3) is 0 Å². The molecular formula is C27H36F3N5O4. The highest BCUT2D eigenvalue weighted by Crippen LogP contribution is 2.30. The van der Waals surface area contributed by atoms with Gasteiger partial charge in [-0.25, -0.2) is 0 Å². The summed E-state index contributed by atoms with van der Waals surface area (Å²) in [5, 5.41) is 9.48. The molecule has 39 heavy (non-hydrogen) atoms. The summed E-state index contributed by atoms with van der Waals surface area (Å²) < 4.78 is 44.8. The lowest BCUT2D eigenvalue weighted by Gasteiger charge is -2.39. The third-order valence-corrected chi connectivity index (χ3v) is 7.58. The van der Waals surface area contributed by atoms with Crippen LogP contribution >= 0.6 is 0 Å². The fourth-order valence-electron chi connectivity index (χ4n) is 5.67. The van der Waals surface area contributed by atoms with Gasteiger partial charge in [0.1, 0.15) is 6.10 Å². The Balaban J connectivity index is 1.29. The molecule has 0 aliphatic carbocycles. The summed E-state index contributed by atoms with van der Waals surface area (Å²) in [6.07, 6.45) is -1.17. The van der Waals surface area contributed by atoms with E-state index in [4.69, 9.17) is 9.57 Å². The summed E-state index contributed by atoms with van der Waals surface area (Å²) in [4.78, 5) is 35.3. The van der Waals surface area contributed by atoms with Crippen LogP contribution < -0.4 is 10.6 Å². The maximum Gasteiger partial charge on any atom is 0.416 e. The molecule has 2 amide bonds. The molecule has 4 atom stereocenters. The second-order valence-corrected chi connectivity index (χ2v) is 10.3. The molecule has 4 rings (SSSR count). The highest BCUT2D eigenvalue weighted by atomic mass is 19.4. The first kappa shape index (κ1) is 29.0. The smallest absolute Gasteiger partial charge is 0.391 e. The monoisotopic (exact) mass is 551 g/mol. The van der Waals surface area contributed by atoms with E-state index in [1.54, 1.807) is 6.08 Å². The van der Waals surface area contributed by atoms with Gasteiger partial charge in [0.15, 0.2) is 0 Å². The number of likely N-dealkylation sites (tertiary alicyclic amines) is 2. The van der Waals surface area contributed by atoms with Crippen LogP contribution in [-0.2, 0) is 20.5 Å². The van der Waals surface area contributed by atoms with E-state index in [2.05, 4.69) is 32.2 Å². The SMILES string of the molecule is C=CCO[C@H]1CN(C2CCN(C3C(C)=NOC3C)CC2)CC1NC(=O)CNC(=O)c1cccc(C(F)(F)F)c1. The van der Waals surface area contributed by atoms with Crippen LogP contribution in [0.1, 0.15) is 42.6 Å². The number of rotatable bonds is 9. The first-order valence-corrected chi connectivity index (χ1v) is 13.2. The van der Waals surface area contributed by atoms with Gasteiger partial charge in [-0.2, -0.15) is 13.2 Å². The third kappa shape index (κ3) is 7.17. The predicted octanol–water partition coefficient (Wildman–Crippen LogP) is 2.43. The van der Waals surface area contributed by atoms with E-state index in [1.807, 2.05) is 13.8 Å². The highest BCUT2D eigenvalue weighted by Gasteiger charge is 2.41. The fraction of sp³-hybridized carbons (Fsp3) is 0.593. The molecule has 12 heteroatoms. The molecule has 1 aromatic carbocycles. The van der Waals surface area contributed by atoms with Crippen molar-refractivity contribution in [3.05, 3.63) is 48.0 Å². The zero-order valence-electron chi connectivity index (χ0n) is 22.2. The first-order valence-electron chi connectivity index (χ1n) is 13.2. The van der Waals surface area contributed by atoms with Gasteiger partial charge in [-0.15, -0.1) is 6.58 Å². The molecule has 0 aromatic heterocycles. The van der Waals surface area contributed by atoms with E-state index in [0.29, 0.717) is 25.7 Å². The lowest BCUT2D eigenvalue weighted by atomic mass is 9.98. The lowest BCUT2D eigenvalue weighted by molar-refractivity contribution is -0.137. The second kappa shape index (κ2) is 12.5. The number of hydrogen-bond donors (Lipinski definition) is 2. The van der Waals surface area contributed by atoms with Gasteiger partial charge in [-0.05, 0) is 44.9 Å². The Morgan fingerprint density at radius 3 is 2.62 bits per heavy atom. The minimum Gasteiger partial charge on any atom is -0.391 e. The molecule has 0 saturated carbocycles. The van der Waals surface area contributed by atoms with Crippen LogP contribution in [0.3, 0.4) is 0 Å². The molecule has 0 radical (unpaired) electrons. The van der Waals surface area contributed by atoms with Gasteiger partial charge in [0, 0.05) is 37.8 Å². The average Bonchev–Trinajstić information content (AvgIpc) is 3.47. The number of nitrogens with one attached hydrogen (secondary N) is 2. The molecule has 214 valence electrons. The van der Waals surface area contributed by atoms with E-state index in [-0.39, 0.29) is 36.4 Å². The number of halogens is 3. The Hall–Kier alpha value is -2.96. The van der Waals surface area contributed by atoms with Gasteiger partial charge < -0.3 is 20.2 Å². The number of carbonyl (C=O) groups is 2. The Morgan fingerprint density at radius 1 is 1.23 bits per heavy atom. The molecule has 2 saturated heterocycles. The number of benzene rings is 1.